The van der Waals surface area contributed by atoms with Crippen molar-refractivity contribution < 1.29 is 0 Å². The first-order chi connectivity index (χ1) is 11.3. The van der Waals surface area contributed by atoms with Gasteiger partial charge in [0.25, 0.3) is 0 Å². The number of rotatable bonds is 6. The average molecular weight is 325 g/mol. The summed E-state index contributed by atoms with van der Waals surface area (Å²) < 4.78 is 2.32. The second-order valence-electron chi connectivity index (χ2n) is 5.70. The average Bonchev–Trinajstić information content (AvgIpc) is 2.93. The van der Waals surface area contributed by atoms with Crippen molar-refractivity contribution in [2.24, 2.45) is 0 Å². The molecule has 0 unspecified atom stereocenters. The van der Waals surface area contributed by atoms with Crippen molar-refractivity contribution in [3.05, 3.63) is 64.9 Å². The topological polar surface area (TPSA) is 17.8 Å². The maximum atomic E-state index is 5.94. The Morgan fingerprint density at radius 3 is 2.57 bits per heavy atom. The fourth-order valence-electron chi connectivity index (χ4n) is 2.72. The summed E-state index contributed by atoms with van der Waals surface area (Å²) in [4.78, 5) is 4.77. The van der Waals surface area contributed by atoms with E-state index in [9.17, 15) is 0 Å². The highest BCUT2D eigenvalue weighted by atomic mass is 35.5. The largest absolute Gasteiger partial charge is 0.324 e. The van der Waals surface area contributed by atoms with Crippen molar-refractivity contribution in [1.82, 2.24) is 9.55 Å². The third-order valence-corrected chi connectivity index (χ3v) is 4.22. The molecule has 3 heteroatoms. The first kappa shape index (κ1) is 15.8. The summed E-state index contributed by atoms with van der Waals surface area (Å²) in [6, 6.07) is 16.2. The molecule has 1 heterocycles. The molecule has 3 rings (SSSR count). The lowest BCUT2D eigenvalue weighted by Crippen LogP contribution is -2.00. The van der Waals surface area contributed by atoms with E-state index in [0.29, 0.717) is 0 Å². The maximum Gasteiger partial charge on any atom is 0.133 e. The lowest BCUT2D eigenvalue weighted by Gasteiger charge is -2.06. The van der Waals surface area contributed by atoms with E-state index < -0.39 is 0 Å². The number of para-hydroxylation sites is 2. The molecule has 0 aliphatic heterocycles. The number of imidazole rings is 1. The Morgan fingerprint density at radius 2 is 1.78 bits per heavy atom. The molecule has 0 spiro atoms. The quantitative estimate of drug-likeness (QED) is 0.505. The Morgan fingerprint density at radius 1 is 1.00 bits per heavy atom. The molecule has 0 aliphatic carbocycles. The number of hydrogen-bond acceptors (Lipinski definition) is 1. The number of fused-ring (bicyclic) bond motifs is 1. The number of nitrogens with zero attached hydrogens (tertiary/aromatic N) is 2. The van der Waals surface area contributed by atoms with Crippen LogP contribution < -0.4 is 0 Å². The van der Waals surface area contributed by atoms with Gasteiger partial charge in [0.2, 0.25) is 0 Å². The molecule has 23 heavy (non-hydrogen) atoms. The highest BCUT2D eigenvalue weighted by Gasteiger charge is 2.07. The zero-order valence-electron chi connectivity index (χ0n) is 13.4. The van der Waals surface area contributed by atoms with Crippen LogP contribution in [0.4, 0.5) is 0 Å². The number of halogens is 1. The van der Waals surface area contributed by atoms with Crippen molar-refractivity contribution >= 4 is 34.8 Å². The van der Waals surface area contributed by atoms with Crippen molar-refractivity contribution in [1.29, 1.82) is 0 Å². The van der Waals surface area contributed by atoms with Crippen molar-refractivity contribution in [2.45, 2.75) is 32.7 Å². The molecule has 118 valence electrons. The minimum atomic E-state index is 0.758. The van der Waals surface area contributed by atoms with Crippen LogP contribution in [0.2, 0.25) is 5.02 Å². The Bertz CT molecular complexity index is 800. The molecule has 0 radical (unpaired) electrons. The number of aryl methyl sites for hydroxylation is 1. The van der Waals surface area contributed by atoms with E-state index >= 15 is 0 Å². The van der Waals surface area contributed by atoms with E-state index in [4.69, 9.17) is 16.6 Å². The molecule has 2 nitrogen and oxygen atoms in total. The Labute approximate surface area is 142 Å². The second-order valence-corrected chi connectivity index (χ2v) is 6.14. The van der Waals surface area contributed by atoms with E-state index in [1.54, 1.807) is 0 Å². The predicted octanol–water partition coefficient (Wildman–Crippen LogP) is 6.05. The number of aromatic nitrogens is 2. The van der Waals surface area contributed by atoms with Crippen molar-refractivity contribution in [2.75, 3.05) is 0 Å². The summed E-state index contributed by atoms with van der Waals surface area (Å²) in [6.07, 6.45) is 7.83. The molecule has 3 aromatic rings. The predicted molar refractivity (Wildman–Crippen MR) is 99.6 cm³/mol. The molecular formula is C20H21ClN2. The van der Waals surface area contributed by atoms with E-state index in [-0.39, 0.29) is 0 Å². The zero-order chi connectivity index (χ0) is 16.1. The maximum absolute atomic E-state index is 5.94. The van der Waals surface area contributed by atoms with Crippen LogP contribution in [0, 0.1) is 0 Å². The van der Waals surface area contributed by atoms with Crippen molar-refractivity contribution in [3.8, 4) is 0 Å². The molecule has 0 saturated heterocycles. The minimum absolute atomic E-state index is 0.758. The van der Waals surface area contributed by atoms with Gasteiger partial charge in [0.1, 0.15) is 5.82 Å². The normalized spacial score (nSPS) is 11.6. The molecule has 0 amide bonds. The monoisotopic (exact) mass is 324 g/mol. The van der Waals surface area contributed by atoms with Gasteiger partial charge >= 0.3 is 0 Å². The summed E-state index contributed by atoms with van der Waals surface area (Å²) in [7, 11) is 0. The molecule has 0 bridgehead atoms. The highest BCUT2D eigenvalue weighted by Crippen LogP contribution is 2.19. The van der Waals surface area contributed by atoms with Crippen LogP contribution >= 0.6 is 11.6 Å². The molecule has 0 N–H and O–H groups in total. The first-order valence-corrected chi connectivity index (χ1v) is 8.54. The fraction of sp³-hybridized carbons (Fsp3) is 0.250. The summed E-state index contributed by atoms with van der Waals surface area (Å²) in [5, 5.41) is 0.758. The SMILES string of the molecule is CCCCCn1c(C=Cc2ccc(Cl)cc2)nc2ccccc21. The minimum Gasteiger partial charge on any atom is -0.324 e. The molecule has 2 aromatic carbocycles. The first-order valence-electron chi connectivity index (χ1n) is 8.17. The van der Waals surface area contributed by atoms with Crippen molar-refractivity contribution in [3.63, 3.8) is 0 Å². The van der Waals surface area contributed by atoms with E-state index in [2.05, 4.69) is 41.8 Å². The van der Waals surface area contributed by atoms with Gasteiger partial charge in [-0.2, -0.15) is 0 Å². The summed E-state index contributed by atoms with van der Waals surface area (Å²) >= 11 is 5.94. The Balaban J connectivity index is 1.92. The molecule has 0 aliphatic rings. The van der Waals surface area contributed by atoms with Crippen LogP contribution in [0.1, 0.15) is 37.6 Å². The highest BCUT2D eigenvalue weighted by molar-refractivity contribution is 6.30. The fourth-order valence-corrected chi connectivity index (χ4v) is 2.85. The summed E-state index contributed by atoms with van der Waals surface area (Å²) in [5.41, 5.74) is 3.39. The summed E-state index contributed by atoms with van der Waals surface area (Å²) in [5.74, 6) is 1.01. The van der Waals surface area contributed by atoms with Gasteiger partial charge < -0.3 is 4.57 Å². The number of unbranched alkanes of at least 4 members (excludes halogenated alkanes) is 2. The van der Waals surface area contributed by atoms with Gasteiger partial charge in [-0.1, -0.05) is 61.7 Å². The molecule has 1 aromatic heterocycles. The van der Waals surface area contributed by atoms with Gasteiger partial charge in [0.05, 0.1) is 11.0 Å². The molecule has 0 saturated carbocycles. The van der Waals surface area contributed by atoms with Crippen LogP contribution in [0.15, 0.2) is 48.5 Å². The van der Waals surface area contributed by atoms with Gasteiger partial charge in [-0.3, -0.25) is 0 Å². The van der Waals surface area contributed by atoms with Crippen LogP contribution in [-0.4, -0.2) is 9.55 Å². The van der Waals surface area contributed by atoms with Gasteiger partial charge in [-0.05, 0) is 42.3 Å². The van der Waals surface area contributed by atoms with Crippen LogP contribution in [-0.2, 0) is 6.54 Å². The van der Waals surface area contributed by atoms with Gasteiger partial charge in [0.15, 0.2) is 0 Å². The third kappa shape index (κ3) is 3.83. The van der Waals surface area contributed by atoms with E-state index in [1.165, 1.54) is 24.8 Å². The number of benzene rings is 2. The Kier molecular flexibility index (Phi) is 5.14. The third-order valence-electron chi connectivity index (χ3n) is 3.96. The lowest BCUT2D eigenvalue weighted by molar-refractivity contribution is 0.610. The second kappa shape index (κ2) is 7.47. The van der Waals surface area contributed by atoms with Gasteiger partial charge in [-0.15, -0.1) is 0 Å². The smallest absolute Gasteiger partial charge is 0.133 e. The summed E-state index contributed by atoms with van der Waals surface area (Å²) in [6.45, 7) is 3.24. The molecule has 0 atom stereocenters. The van der Waals surface area contributed by atoms with Gasteiger partial charge in [-0.25, -0.2) is 4.98 Å². The van der Waals surface area contributed by atoms with E-state index in [0.717, 1.165) is 28.5 Å². The van der Waals surface area contributed by atoms with Crippen LogP contribution in [0.25, 0.3) is 23.2 Å². The Hall–Kier alpha value is -2.06. The number of hydrogen-bond donors (Lipinski definition) is 0. The van der Waals surface area contributed by atoms with Crippen LogP contribution in [0.5, 0.6) is 0 Å². The zero-order valence-corrected chi connectivity index (χ0v) is 14.1. The molecular weight excluding hydrogens is 304 g/mol. The standard InChI is InChI=1S/C20H21ClN2/c1-2-3-6-15-23-19-8-5-4-7-18(19)22-20(23)14-11-16-9-12-17(21)13-10-16/h4-5,7-14H,2-3,6,15H2,1H3. The van der Waals surface area contributed by atoms with E-state index in [1.807, 2.05) is 30.3 Å². The molecule has 0 fully saturated rings. The lowest BCUT2D eigenvalue weighted by atomic mass is 10.2. The van der Waals surface area contributed by atoms with Gasteiger partial charge in [0, 0.05) is 11.6 Å². The van der Waals surface area contributed by atoms with Crippen LogP contribution in [0.3, 0.4) is 0 Å².